The van der Waals surface area contributed by atoms with Crippen molar-refractivity contribution in [3.63, 3.8) is 0 Å². The third-order valence-electron chi connectivity index (χ3n) is 10.4. The van der Waals surface area contributed by atoms with Gasteiger partial charge in [-0.15, -0.1) is 0 Å². The first-order chi connectivity index (χ1) is 13.6. The zero-order chi connectivity index (χ0) is 22.8. The molecule has 168 valence electrons. The molecular formula is C22H38B2O6. The summed E-state index contributed by atoms with van der Waals surface area (Å²) >= 11 is 0. The van der Waals surface area contributed by atoms with Crippen molar-refractivity contribution in [1.82, 2.24) is 0 Å². The van der Waals surface area contributed by atoms with E-state index in [1.807, 2.05) is 27.7 Å². The highest BCUT2D eigenvalue weighted by molar-refractivity contribution is 6.62. The smallest absolute Gasteiger partial charge is 0.466 e. The number of hydrogen-bond donors (Lipinski definition) is 1. The van der Waals surface area contributed by atoms with Crippen molar-refractivity contribution in [1.29, 1.82) is 0 Å². The number of carboxylic acid groups (broad SMARTS) is 1. The van der Waals surface area contributed by atoms with Gasteiger partial charge in [-0.05, 0) is 44.4 Å². The molecule has 0 spiro atoms. The molecule has 2 heterocycles. The third-order valence-corrected chi connectivity index (χ3v) is 10.4. The molecule has 2 saturated heterocycles. The van der Waals surface area contributed by atoms with Gasteiger partial charge in [0.15, 0.2) is 0 Å². The van der Waals surface area contributed by atoms with Crippen molar-refractivity contribution < 1.29 is 28.5 Å². The third kappa shape index (κ3) is 1.73. The molecule has 0 radical (unpaired) electrons. The summed E-state index contributed by atoms with van der Waals surface area (Å²) in [5.74, 6) is -0.732. The predicted octanol–water partition coefficient (Wildman–Crippen LogP) is 4.29. The van der Waals surface area contributed by atoms with E-state index in [0.29, 0.717) is 13.2 Å². The Labute approximate surface area is 182 Å². The van der Waals surface area contributed by atoms with Crippen LogP contribution < -0.4 is 0 Å². The van der Waals surface area contributed by atoms with Gasteiger partial charge in [-0.3, -0.25) is 4.79 Å². The van der Waals surface area contributed by atoms with Crippen LogP contribution in [-0.2, 0) is 23.4 Å². The van der Waals surface area contributed by atoms with E-state index in [1.54, 1.807) is 0 Å². The lowest BCUT2D eigenvalue weighted by Crippen LogP contribution is -2.99. The SMILES string of the molecule is CCC(C)C1(B2OC(C)(C)C(C)(C)O2)C2(B3OCCO3)C(C)(C)C1(C(=O)O)C2(C)C. The number of rotatable bonds is 5. The van der Waals surface area contributed by atoms with Gasteiger partial charge in [0.2, 0.25) is 0 Å². The van der Waals surface area contributed by atoms with Crippen LogP contribution in [0.25, 0.3) is 0 Å². The van der Waals surface area contributed by atoms with Crippen molar-refractivity contribution in [2.45, 2.75) is 97.5 Å². The van der Waals surface area contributed by atoms with E-state index >= 15 is 0 Å². The van der Waals surface area contributed by atoms with Gasteiger partial charge in [-0.1, -0.05) is 48.0 Å². The first-order valence-electron chi connectivity index (χ1n) is 11.4. The largest absolute Gasteiger partial charge is 0.481 e. The van der Waals surface area contributed by atoms with Crippen molar-refractivity contribution in [2.75, 3.05) is 13.2 Å². The molecule has 3 saturated carbocycles. The maximum Gasteiger partial charge on any atom is 0.466 e. The molecule has 5 aliphatic rings. The maximum absolute atomic E-state index is 13.3. The molecule has 2 atom stereocenters. The van der Waals surface area contributed by atoms with Crippen LogP contribution in [0.5, 0.6) is 0 Å². The predicted molar refractivity (Wildman–Crippen MR) is 116 cm³/mol. The lowest BCUT2D eigenvalue weighted by Gasteiger charge is -2.99. The summed E-state index contributed by atoms with van der Waals surface area (Å²) in [6, 6.07) is 0. The van der Waals surface area contributed by atoms with Gasteiger partial charge in [-0.25, -0.2) is 0 Å². The van der Waals surface area contributed by atoms with E-state index in [0.717, 1.165) is 6.42 Å². The summed E-state index contributed by atoms with van der Waals surface area (Å²) in [7, 11) is -1.13. The average Bonchev–Trinajstić information content (AvgIpc) is 3.16. The highest BCUT2D eigenvalue weighted by Crippen LogP contribution is 3.10. The van der Waals surface area contributed by atoms with Gasteiger partial charge in [0.05, 0.1) is 29.8 Å². The second-order valence-corrected chi connectivity index (χ2v) is 12.0. The summed E-state index contributed by atoms with van der Waals surface area (Å²) in [4.78, 5) is 13.3. The summed E-state index contributed by atoms with van der Waals surface area (Å²) in [6.07, 6.45) is 0.819. The van der Waals surface area contributed by atoms with Crippen LogP contribution >= 0.6 is 0 Å². The van der Waals surface area contributed by atoms with Gasteiger partial charge in [0, 0.05) is 10.6 Å². The molecule has 1 N–H and O–H groups in total. The van der Waals surface area contributed by atoms with Gasteiger partial charge in [0.1, 0.15) is 0 Å². The van der Waals surface area contributed by atoms with Crippen molar-refractivity contribution in [3.8, 4) is 0 Å². The first-order valence-corrected chi connectivity index (χ1v) is 11.4. The standard InChI is InChI=1S/C22H38B2O6/c1-11-14(2)21(23-29-18(7,8)19(9,10)30-23)20(15(25)26)16(3,4)22(21,17(20,5)6)24-27-12-13-28-24/h14H,11-13H2,1-10H3,(H,25,26). The van der Waals surface area contributed by atoms with Crippen LogP contribution in [0.1, 0.15) is 75.7 Å². The Morgan fingerprint density at radius 2 is 1.33 bits per heavy atom. The molecule has 0 aromatic carbocycles. The van der Waals surface area contributed by atoms with Crippen LogP contribution in [0, 0.1) is 22.2 Å². The van der Waals surface area contributed by atoms with E-state index < -0.39 is 58.3 Å². The summed E-state index contributed by atoms with van der Waals surface area (Å²) < 4.78 is 25.7. The van der Waals surface area contributed by atoms with E-state index in [1.165, 1.54) is 0 Å². The van der Waals surface area contributed by atoms with E-state index in [2.05, 4.69) is 41.5 Å². The molecule has 2 aliphatic heterocycles. The number of carboxylic acids is 1. The Morgan fingerprint density at radius 3 is 1.70 bits per heavy atom. The number of carbonyl (C=O) groups is 1. The average molecular weight is 420 g/mol. The van der Waals surface area contributed by atoms with Crippen LogP contribution in [0.15, 0.2) is 0 Å². The minimum absolute atomic E-state index is 0.0390. The lowest BCUT2D eigenvalue weighted by atomic mass is 8.92. The van der Waals surface area contributed by atoms with Crippen LogP contribution in [-0.4, -0.2) is 49.7 Å². The molecule has 30 heavy (non-hydrogen) atoms. The molecule has 0 aromatic heterocycles. The van der Waals surface area contributed by atoms with Crippen molar-refractivity contribution in [3.05, 3.63) is 0 Å². The van der Waals surface area contributed by atoms with Crippen LogP contribution in [0.3, 0.4) is 0 Å². The molecule has 5 rings (SSSR count). The summed E-state index contributed by atoms with van der Waals surface area (Å²) in [5.41, 5.74) is -3.22. The van der Waals surface area contributed by atoms with Gasteiger partial charge in [0.25, 0.3) is 0 Å². The highest BCUT2D eigenvalue weighted by Gasteiger charge is 3.10. The van der Waals surface area contributed by atoms with Gasteiger partial charge >= 0.3 is 20.2 Å². The second kappa shape index (κ2) is 5.86. The van der Waals surface area contributed by atoms with Crippen molar-refractivity contribution >= 4 is 20.2 Å². The Hall–Kier alpha value is -0.560. The second-order valence-electron chi connectivity index (χ2n) is 12.0. The summed E-state index contributed by atoms with van der Waals surface area (Å²) in [5, 5.41) is 9.54. The lowest BCUT2D eigenvalue weighted by molar-refractivity contribution is -0.401. The molecule has 0 aromatic rings. The maximum atomic E-state index is 13.3. The monoisotopic (exact) mass is 420 g/mol. The molecule has 2 bridgehead atoms. The van der Waals surface area contributed by atoms with E-state index in [9.17, 15) is 9.90 Å². The molecule has 8 heteroatoms. The molecular weight excluding hydrogens is 382 g/mol. The van der Waals surface area contributed by atoms with Gasteiger partial charge < -0.3 is 23.7 Å². The molecule has 6 nitrogen and oxygen atoms in total. The molecule has 0 amide bonds. The van der Waals surface area contributed by atoms with Crippen molar-refractivity contribution in [2.24, 2.45) is 22.2 Å². The molecule has 3 aliphatic carbocycles. The number of aliphatic carboxylic acids is 1. The van der Waals surface area contributed by atoms with E-state index in [4.69, 9.17) is 18.6 Å². The Bertz CT molecular complexity index is 738. The first kappa shape index (κ1) is 22.6. The normalized spacial score (nSPS) is 43.1. The fourth-order valence-electron chi connectivity index (χ4n) is 9.14. The minimum atomic E-state index is -1.03. The Kier molecular flexibility index (Phi) is 4.42. The molecule has 5 fully saturated rings. The van der Waals surface area contributed by atoms with E-state index in [-0.39, 0.29) is 5.92 Å². The Balaban J connectivity index is 2.01. The minimum Gasteiger partial charge on any atom is -0.481 e. The summed E-state index contributed by atoms with van der Waals surface area (Å²) in [6.45, 7) is 21.7. The quantitative estimate of drug-likeness (QED) is 0.669. The zero-order valence-electron chi connectivity index (χ0n) is 20.3. The van der Waals surface area contributed by atoms with Crippen LogP contribution in [0.4, 0.5) is 0 Å². The topological polar surface area (TPSA) is 74.2 Å². The van der Waals surface area contributed by atoms with Crippen LogP contribution in [0.2, 0.25) is 10.6 Å². The number of hydrogen-bond acceptors (Lipinski definition) is 5. The van der Waals surface area contributed by atoms with Gasteiger partial charge in [-0.2, -0.15) is 0 Å². The highest BCUT2D eigenvalue weighted by atomic mass is 16.7. The fourth-order valence-corrected chi connectivity index (χ4v) is 9.14. The molecule has 2 unspecified atom stereocenters. The fraction of sp³-hybridized carbons (Fsp3) is 0.955. The zero-order valence-corrected chi connectivity index (χ0v) is 20.3. The Morgan fingerprint density at radius 1 is 0.900 bits per heavy atom.